The maximum atomic E-state index is 11.6. The Kier molecular flexibility index (Phi) is 3.19. The second-order valence-corrected chi connectivity index (χ2v) is 4.52. The summed E-state index contributed by atoms with van der Waals surface area (Å²) < 4.78 is 0. The predicted octanol–water partition coefficient (Wildman–Crippen LogP) is 2.22. The van der Waals surface area contributed by atoms with Gasteiger partial charge < -0.3 is 10.4 Å². The molecule has 7 heteroatoms. The third-order valence-electron chi connectivity index (χ3n) is 2.44. The van der Waals surface area contributed by atoms with E-state index in [2.05, 4.69) is 5.32 Å². The van der Waals surface area contributed by atoms with E-state index in [-0.39, 0.29) is 22.0 Å². The Labute approximate surface area is 113 Å². The molecular formula is C11H8Cl2N2O3. The molecule has 3 amide bonds. The van der Waals surface area contributed by atoms with Gasteiger partial charge in [0, 0.05) is 17.6 Å². The topological polar surface area (TPSA) is 69.6 Å². The normalized spacial score (nSPS) is 17.5. The van der Waals surface area contributed by atoms with E-state index < -0.39 is 11.9 Å². The Morgan fingerprint density at radius 3 is 2.56 bits per heavy atom. The van der Waals surface area contributed by atoms with Crippen LogP contribution in [-0.2, 0) is 4.79 Å². The standard InChI is InChI=1S/C11H8Cl2N2O3/c1-15-10(17)8(14-11(15)18)3-5-2-6(12)4-7(13)9(5)16/h2-4,16H,1H3,(H,14,18)/b8-3+. The lowest BCUT2D eigenvalue weighted by Crippen LogP contribution is -2.25. The zero-order chi connectivity index (χ0) is 13.4. The SMILES string of the molecule is CN1C(=O)N/C(=C/c2cc(Cl)cc(Cl)c2O)C1=O. The number of phenols is 1. The summed E-state index contributed by atoms with van der Waals surface area (Å²) in [6, 6.07) is 2.29. The highest BCUT2D eigenvalue weighted by molar-refractivity contribution is 6.36. The summed E-state index contributed by atoms with van der Waals surface area (Å²) in [5, 5.41) is 12.5. The summed E-state index contributed by atoms with van der Waals surface area (Å²) in [4.78, 5) is 23.8. The van der Waals surface area contributed by atoms with E-state index >= 15 is 0 Å². The van der Waals surface area contributed by atoms with Crippen molar-refractivity contribution in [3.8, 4) is 5.75 Å². The average Bonchev–Trinajstić information content (AvgIpc) is 2.53. The molecule has 1 aromatic rings. The van der Waals surface area contributed by atoms with Crippen LogP contribution in [0.1, 0.15) is 5.56 Å². The Morgan fingerprint density at radius 1 is 1.33 bits per heavy atom. The highest BCUT2D eigenvalue weighted by atomic mass is 35.5. The third kappa shape index (κ3) is 2.14. The molecule has 0 bridgehead atoms. The molecule has 0 unspecified atom stereocenters. The van der Waals surface area contributed by atoms with Crippen LogP contribution in [0.3, 0.4) is 0 Å². The van der Waals surface area contributed by atoms with Gasteiger partial charge in [0.1, 0.15) is 11.4 Å². The van der Waals surface area contributed by atoms with E-state index in [0.29, 0.717) is 5.02 Å². The summed E-state index contributed by atoms with van der Waals surface area (Å²) in [5.41, 5.74) is 0.308. The molecule has 0 saturated carbocycles. The molecule has 1 fully saturated rings. The number of aromatic hydroxyl groups is 1. The summed E-state index contributed by atoms with van der Waals surface area (Å²) in [6.45, 7) is 0. The first-order valence-corrected chi connectivity index (χ1v) is 5.64. The van der Waals surface area contributed by atoms with Crippen LogP contribution in [0, 0.1) is 0 Å². The molecular weight excluding hydrogens is 279 g/mol. The summed E-state index contributed by atoms with van der Waals surface area (Å²) in [5.74, 6) is -0.694. The predicted molar refractivity (Wildman–Crippen MR) is 67.4 cm³/mol. The summed E-state index contributed by atoms with van der Waals surface area (Å²) in [6.07, 6.45) is 1.32. The zero-order valence-electron chi connectivity index (χ0n) is 9.20. The van der Waals surface area contributed by atoms with Crippen LogP contribution in [0.15, 0.2) is 17.8 Å². The van der Waals surface area contributed by atoms with E-state index in [4.69, 9.17) is 23.2 Å². The van der Waals surface area contributed by atoms with Crippen molar-refractivity contribution in [2.75, 3.05) is 7.05 Å². The number of likely N-dealkylation sites (N-methyl/N-ethyl adjacent to an activating group) is 1. The lowest BCUT2D eigenvalue weighted by Gasteiger charge is -2.04. The largest absolute Gasteiger partial charge is 0.506 e. The van der Waals surface area contributed by atoms with Gasteiger partial charge in [0.25, 0.3) is 5.91 Å². The molecule has 0 aromatic heterocycles. The molecule has 0 radical (unpaired) electrons. The number of imide groups is 1. The second-order valence-electron chi connectivity index (χ2n) is 3.68. The summed E-state index contributed by atoms with van der Waals surface area (Å²) >= 11 is 11.5. The monoisotopic (exact) mass is 286 g/mol. The van der Waals surface area contributed by atoms with Crippen molar-refractivity contribution < 1.29 is 14.7 Å². The zero-order valence-corrected chi connectivity index (χ0v) is 10.7. The van der Waals surface area contributed by atoms with Crippen molar-refractivity contribution in [2.45, 2.75) is 0 Å². The van der Waals surface area contributed by atoms with Crippen LogP contribution in [0.2, 0.25) is 10.0 Å². The Hall–Kier alpha value is -1.72. The van der Waals surface area contributed by atoms with Crippen molar-refractivity contribution in [3.63, 3.8) is 0 Å². The minimum absolute atomic E-state index is 0.0520. The molecule has 1 aliphatic heterocycles. The highest BCUT2D eigenvalue weighted by Crippen LogP contribution is 2.32. The van der Waals surface area contributed by atoms with E-state index in [0.717, 1.165) is 4.90 Å². The lowest BCUT2D eigenvalue weighted by molar-refractivity contribution is -0.121. The average molecular weight is 287 g/mol. The third-order valence-corrected chi connectivity index (χ3v) is 2.95. The number of amides is 3. The molecule has 1 aromatic carbocycles. The fraction of sp³-hybridized carbons (Fsp3) is 0.0909. The molecule has 94 valence electrons. The Bertz CT molecular complexity index is 584. The number of hydrogen-bond acceptors (Lipinski definition) is 3. The smallest absolute Gasteiger partial charge is 0.328 e. The molecule has 18 heavy (non-hydrogen) atoms. The number of carbonyl (C=O) groups is 2. The van der Waals surface area contributed by atoms with Crippen molar-refractivity contribution in [1.82, 2.24) is 10.2 Å². The highest BCUT2D eigenvalue weighted by Gasteiger charge is 2.30. The number of carbonyl (C=O) groups excluding carboxylic acids is 2. The molecule has 1 heterocycles. The first-order chi connectivity index (χ1) is 8.40. The molecule has 2 rings (SSSR count). The molecule has 0 atom stereocenters. The van der Waals surface area contributed by atoms with Gasteiger partial charge in [0.05, 0.1) is 5.02 Å². The van der Waals surface area contributed by atoms with Gasteiger partial charge in [-0.3, -0.25) is 9.69 Å². The van der Waals surface area contributed by atoms with Gasteiger partial charge in [-0.1, -0.05) is 23.2 Å². The number of hydrogen-bond donors (Lipinski definition) is 2. The first kappa shape index (κ1) is 12.7. The maximum Gasteiger partial charge on any atom is 0.328 e. The Balaban J connectivity index is 2.46. The number of rotatable bonds is 1. The van der Waals surface area contributed by atoms with Gasteiger partial charge in [0.15, 0.2) is 0 Å². The van der Waals surface area contributed by atoms with Crippen LogP contribution in [-0.4, -0.2) is 29.0 Å². The summed E-state index contributed by atoms with van der Waals surface area (Å²) in [7, 11) is 1.35. The number of phenolic OH excluding ortho intramolecular Hbond substituents is 1. The minimum Gasteiger partial charge on any atom is -0.506 e. The van der Waals surface area contributed by atoms with Crippen LogP contribution in [0.5, 0.6) is 5.75 Å². The fourth-order valence-corrected chi connectivity index (χ4v) is 1.98. The minimum atomic E-state index is -0.529. The van der Waals surface area contributed by atoms with Crippen LogP contribution in [0.25, 0.3) is 6.08 Å². The van der Waals surface area contributed by atoms with Gasteiger partial charge in [-0.05, 0) is 18.2 Å². The van der Waals surface area contributed by atoms with Gasteiger partial charge in [-0.25, -0.2) is 4.79 Å². The fourth-order valence-electron chi connectivity index (χ4n) is 1.47. The van der Waals surface area contributed by atoms with Crippen molar-refractivity contribution >= 4 is 41.2 Å². The molecule has 1 aliphatic rings. The molecule has 2 N–H and O–H groups in total. The number of nitrogens with one attached hydrogen (secondary N) is 1. The second kappa shape index (κ2) is 4.51. The maximum absolute atomic E-state index is 11.6. The van der Waals surface area contributed by atoms with E-state index in [1.54, 1.807) is 0 Å². The van der Waals surface area contributed by atoms with Gasteiger partial charge in [0.2, 0.25) is 0 Å². The molecule has 1 saturated heterocycles. The Morgan fingerprint density at radius 2 is 2.00 bits per heavy atom. The number of nitrogens with zero attached hydrogens (tertiary/aromatic N) is 1. The van der Waals surface area contributed by atoms with Crippen molar-refractivity contribution in [2.24, 2.45) is 0 Å². The number of urea groups is 1. The van der Waals surface area contributed by atoms with E-state index in [9.17, 15) is 14.7 Å². The van der Waals surface area contributed by atoms with E-state index in [1.807, 2.05) is 0 Å². The number of benzene rings is 1. The van der Waals surface area contributed by atoms with Gasteiger partial charge in [-0.15, -0.1) is 0 Å². The van der Waals surface area contributed by atoms with Crippen molar-refractivity contribution in [1.29, 1.82) is 0 Å². The van der Waals surface area contributed by atoms with Crippen LogP contribution >= 0.6 is 23.2 Å². The van der Waals surface area contributed by atoms with Crippen molar-refractivity contribution in [3.05, 3.63) is 33.4 Å². The lowest BCUT2D eigenvalue weighted by atomic mass is 10.1. The van der Waals surface area contributed by atoms with Gasteiger partial charge in [-0.2, -0.15) is 0 Å². The van der Waals surface area contributed by atoms with Crippen LogP contribution in [0.4, 0.5) is 4.79 Å². The molecule has 5 nitrogen and oxygen atoms in total. The molecule has 0 aliphatic carbocycles. The molecule has 0 spiro atoms. The van der Waals surface area contributed by atoms with Gasteiger partial charge >= 0.3 is 6.03 Å². The van der Waals surface area contributed by atoms with Crippen LogP contribution < -0.4 is 5.32 Å². The number of halogens is 2. The van der Waals surface area contributed by atoms with E-state index in [1.165, 1.54) is 25.3 Å². The first-order valence-electron chi connectivity index (χ1n) is 4.89. The quantitative estimate of drug-likeness (QED) is 0.614.